The molecule has 1 saturated heterocycles. The third kappa shape index (κ3) is 4.16. The van der Waals surface area contributed by atoms with Crippen LogP contribution >= 0.6 is 11.8 Å². The van der Waals surface area contributed by atoms with Gasteiger partial charge >= 0.3 is 0 Å². The number of rotatable bonds is 5. The molecule has 0 saturated carbocycles. The van der Waals surface area contributed by atoms with Crippen molar-refractivity contribution in [3.05, 3.63) is 30.3 Å². The Morgan fingerprint density at radius 1 is 1.25 bits per heavy atom. The first kappa shape index (κ1) is 12.0. The Morgan fingerprint density at radius 2 is 2.12 bits per heavy atom. The highest BCUT2D eigenvalue weighted by Gasteiger charge is 2.13. The van der Waals surface area contributed by atoms with Crippen molar-refractivity contribution in [1.29, 1.82) is 0 Å². The third-order valence-corrected chi connectivity index (χ3v) is 3.51. The van der Waals surface area contributed by atoms with Crippen molar-refractivity contribution in [2.75, 3.05) is 19.0 Å². The van der Waals surface area contributed by atoms with Gasteiger partial charge in [0.15, 0.2) is 6.29 Å². The summed E-state index contributed by atoms with van der Waals surface area (Å²) in [5.74, 6) is 0.990. The van der Waals surface area contributed by atoms with Crippen molar-refractivity contribution in [3.63, 3.8) is 0 Å². The third-order valence-electron chi connectivity index (χ3n) is 2.54. The van der Waals surface area contributed by atoms with E-state index < -0.39 is 0 Å². The molecule has 0 N–H and O–H groups in total. The Morgan fingerprint density at radius 3 is 2.88 bits per heavy atom. The molecular formula is C13H18O2S. The summed E-state index contributed by atoms with van der Waals surface area (Å²) in [6, 6.07) is 10.4. The minimum absolute atomic E-state index is 0.0464. The van der Waals surface area contributed by atoms with Gasteiger partial charge in [0.1, 0.15) is 0 Å². The Hall–Kier alpha value is -0.510. The largest absolute Gasteiger partial charge is 0.353 e. The molecule has 0 radical (unpaired) electrons. The predicted molar refractivity (Wildman–Crippen MR) is 66.7 cm³/mol. The van der Waals surface area contributed by atoms with Crippen LogP contribution in [-0.2, 0) is 9.47 Å². The van der Waals surface area contributed by atoms with Crippen molar-refractivity contribution in [2.45, 2.75) is 30.4 Å². The summed E-state index contributed by atoms with van der Waals surface area (Å²) in [6.45, 7) is 1.63. The second kappa shape index (κ2) is 6.94. The number of benzene rings is 1. The van der Waals surface area contributed by atoms with Gasteiger partial charge < -0.3 is 9.47 Å². The molecule has 1 heterocycles. The predicted octanol–water partition coefficient (Wildman–Crippen LogP) is 3.32. The number of hydrogen-bond donors (Lipinski definition) is 0. The summed E-state index contributed by atoms with van der Waals surface area (Å²) < 4.78 is 11.2. The molecule has 1 aliphatic heterocycles. The summed E-state index contributed by atoms with van der Waals surface area (Å²) in [7, 11) is 0. The molecule has 0 bridgehead atoms. The van der Waals surface area contributed by atoms with Gasteiger partial charge in [0, 0.05) is 17.3 Å². The van der Waals surface area contributed by atoms with Crippen LogP contribution in [0.15, 0.2) is 35.2 Å². The topological polar surface area (TPSA) is 18.5 Å². The zero-order valence-corrected chi connectivity index (χ0v) is 10.2. The Balaban J connectivity index is 1.58. The maximum Gasteiger partial charge on any atom is 0.157 e. The van der Waals surface area contributed by atoms with Crippen LogP contribution in [0.1, 0.15) is 19.3 Å². The Labute approximate surface area is 101 Å². The van der Waals surface area contributed by atoms with Gasteiger partial charge in [0.2, 0.25) is 0 Å². The minimum atomic E-state index is 0.0464. The van der Waals surface area contributed by atoms with Gasteiger partial charge in [0.05, 0.1) is 6.61 Å². The van der Waals surface area contributed by atoms with Crippen LogP contribution in [0.25, 0.3) is 0 Å². The van der Waals surface area contributed by atoms with Crippen LogP contribution in [0, 0.1) is 0 Å². The molecule has 2 rings (SSSR count). The molecule has 1 fully saturated rings. The molecule has 2 nitrogen and oxygen atoms in total. The van der Waals surface area contributed by atoms with E-state index >= 15 is 0 Å². The zero-order valence-electron chi connectivity index (χ0n) is 9.43. The van der Waals surface area contributed by atoms with Crippen molar-refractivity contribution in [1.82, 2.24) is 0 Å². The highest BCUT2D eigenvalue weighted by atomic mass is 32.2. The molecular weight excluding hydrogens is 220 g/mol. The zero-order chi connectivity index (χ0) is 11.1. The van der Waals surface area contributed by atoms with Gasteiger partial charge in [-0.15, -0.1) is 11.8 Å². The van der Waals surface area contributed by atoms with Gasteiger partial charge in [-0.05, 0) is 31.4 Å². The average molecular weight is 238 g/mol. The number of hydrogen-bond acceptors (Lipinski definition) is 3. The van der Waals surface area contributed by atoms with Gasteiger partial charge in [-0.25, -0.2) is 0 Å². The van der Waals surface area contributed by atoms with Crippen molar-refractivity contribution in [2.24, 2.45) is 0 Å². The summed E-state index contributed by atoms with van der Waals surface area (Å²) in [4.78, 5) is 1.30. The lowest BCUT2D eigenvalue weighted by Gasteiger charge is -2.22. The summed E-state index contributed by atoms with van der Waals surface area (Å²) in [5, 5.41) is 0. The van der Waals surface area contributed by atoms with E-state index in [2.05, 4.69) is 24.3 Å². The highest BCUT2D eigenvalue weighted by Crippen LogP contribution is 2.18. The van der Waals surface area contributed by atoms with Gasteiger partial charge in [-0.3, -0.25) is 0 Å². The molecule has 0 amide bonds. The lowest BCUT2D eigenvalue weighted by Crippen LogP contribution is -2.23. The van der Waals surface area contributed by atoms with Crippen LogP contribution < -0.4 is 0 Å². The van der Waals surface area contributed by atoms with Gasteiger partial charge in [-0.1, -0.05) is 18.2 Å². The molecule has 1 aromatic rings. The SMILES string of the molecule is c1ccc(SCCOC2CCCCO2)cc1. The summed E-state index contributed by atoms with van der Waals surface area (Å²) in [5.41, 5.74) is 0. The second-order valence-corrected chi connectivity index (χ2v) is 5.00. The Bertz CT molecular complexity index is 283. The Kier molecular flexibility index (Phi) is 5.19. The second-order valence-electron chi connectivity index (χ2n) is 3.83. The maximum absolute atomic E-state index is 5.66. The smallest absolute Gasteiger partial charge is 0.157 e. The molecule has 1 atom stereocenters. The number of thioether (sulfide) groups is 1. The first-order chi connectivity index (χ1) is 7.95. The molecule has 1 unspecified atom stereocenters. The fourth-order valence-corrected chi connectivity index (χ4v) is 2.46. The van der Waals surface area contributed by atoms with Crippen molar-refractivity contribution < 1.29 is 9.47 Å². The van der Waals surface area contributed by atoms with E-state index in [4.69, 9.17) is 9.47 Å². The van der Waals surface area contributed by atoms with Crippen LogP contribution in [0.2, 0.25) is 0 Å². The molecule has 1 aliphatic rings. The van der Waals surface area contributed by atoms with Crippen LogP contribution in [0.4, 0.5) is 0 Å². The first-order valence-corrected chi connectivity index (χ1v) is 6.85. The monoisotopic (exact) mass is 238 g/mol. The highest BCUT2D eigenvalue weighted by molar-refractivity contribution is 7.99. The van der Waals surface area contributed by atoms with Crippen LogP contribution in [0.5, 0.6) is 0 Å². The van der Waals surface area contributed by atoms with Crippen LogP contribution in [-0.4, -0.2) is 25.3 Å². The lowest BCUT2D eigenvalue weighted by molar-refractivity contribution is -0.158. The maximum atomic E-state index is 5.66. The van der Waals surface area contributed by atoms with E-state index in [1.807, 2.05) is 17.8 Å². The van der Waals surface area contributed by atoms with E-state index in [-0.39, 0.29) is 6.29 Å². The number of ether oxygens (including phenoxy) is 2. The van der Waals surface area contributed by atoms with E-state index in [9.17, 15) is 0 Å². The average Bonchev–Trinajstić information content (AvgIpc) is 2.37. The van der Waals surface area contributed by atoms with E-state index in [1.165, 1.54) is 17.7 Å². The van der Waals surface area contributed by atoms with Gasteiger partial charge in [0.25, 0.3) is 0 Å². The molecule has 0 aliphatic carbocycles. The quantitative estimate of drug-likeness (QED) is 0.579. The fraction of sp³-hybridized carbons (Fsp3) is 0.538. The standard InChI is InChI=1S/C13H18O2S/c1-2-6-12(7-3-1)16-11-10-15-13-8-4-5-9-14-13/h1-3,6-7,13H,4-5,8-11H2. The van der Waals surface area contributed by atoms with Crippen molar-refractivity contribution in [3.8, 4) is 0 Å². The van der Waals surface area contributed by atoms with Crippen molar-refractivity contribution >= 4 is 11.8 Å². The summed E-state index contributed by atoms with van der Waals surface area (Å²) in [6.07, 6.45) is 3.51. The van der Waals surface area contributed by atoms with E-state index in [0.29, 0.717) is 0 Å². The van der Waals surface area contributed by atoms with E-state index in [1.54, 1.807) is 0 Å². The molecule has 0 aromatic heterocycles. The molecule has 3 heteroatoms. The summed E-state index contributed by atoms with van der Waals surface area (Å²) >= 11 is 1.83. The van der Waals surface area contributed by atoms with E-state index in [0.717, 1.165) is 25.4 Å². The molecule has 88 valence electrons. The fourth-order valence-electron chi connectivity index (χ4n) is 1.70. The first-order valence-electron chi connectivity index (χ1n) is 5.86. The molecule has 0 spiro atoms. The normalized spacial score (nSPS) is 20.9. The van der Waals surface area contributed by atoms with Gasteiger partial charge in [-0.2, -0.15) is 0 Å². The van der Waals surface area contributed by atoms with Crippen LogP contribution in [0.3, 0.4) is 0 Å². The minimum Gasteiger partial charge on any atom is -0.353 e. The molecule has 1 aromatic carbocycles. The lowest BCUT2D eigenvalue weighted by atomic mass is 10.2. The molecule has 16 heavy (non-hydrogen) atoms.